The lowest BCUT2D eigenvalue weighted by Gasteiger charge is -2.08. The van der Waals surface area contributed by atoms with E-state index in [9.17, 15) is 0 Å². The number of anilines is 1. The van der Waals surface area contributed by atoms with Crippen molar-refractivity contribution in [1.82, 2.24) is 4.98 Å². The van der Waals surface area contributed by atoms with E-state index in [0.717, 1.165) is 11.4 Å². The molecule has 3 nitrogen and oxygen atoms in total. The number of halogens is 2. The summed E-state index contributed by atoms with van der Waals surface area (Å²) in [4.78, 5) is 4.20. The predicted octanol–water partition coefficient (Wildman–Crippen LogP) is 4.01. The van der Waals surface area contributed by atoms with E-state index in [4.69, 9.17) is 27.9 Å². The molecule has 0 aliphatic carbocycles. The zero-order valence-electron chi connectivity index (χ0n) is 9.78. The molecule has 0 fully saturated rings. The van der Waals surface area contributed by atoms with Gasteiger partial charge in [-0.25, -0.2) is 4.98 Å². The summed E-state index contributed by atoms with van der Waals surface area (Å²) in [5, 5.41) is 4.09. The van der Waals surface area contributed by atoms with Crippen LogP contribution in [0.15, 0.2) is 36.5 Å². The van der Waals surface area contributed by atoms with Gasteiger partial charge in [0.2, 0.25) is 0 Å². The van der Waals surface area contributed by atoms with Gasteiger partial charge in [0, 0.05) is 29.9 Å². The van der Waals surface area contributed by atoms with Crippen LogP contribution in [0, 0.1) is 0 Å². The quantitative estimate of drug-likeness (QED) is 0.920. The second kappa shape index (κ2) is 5.94. The minimum atomic E-state index is 0.400. The molecule has 0 radical (unpaired) electrons. The Bertz CT molecular complexity index is 529. The lowest BCUT2D eigenvalue weighted by atomic mass is 10.3. The summed E-state index contributed by atoms with van der Waals surface area (Å²) in [6, 6.07) is 8.95. The van der Waals surface area contributed by atoms with E-state index in [1.54, 1.807) is 24.4 Å². The Labute approximate surface area is 116 Å². The van der Waals surface area contributed by atoms with Gasteiger partial charge in [0.1, 0.15) is 18.2 Å². The van der Waals surface area contributed by atoms with Crippen LogP contribution < -0.4 is 10.1 Å². The summed E-state index contributed by atoms with van der Waals surface area (Å²) < 4.78 is 5.60. The van der Waals surface area contributed by atoms with E-state index < -0.39 is 0 Å². The number of pyridine rings is 1. The summed E-state index contributed by atoms with van der Waals surface area (Å²) in [6.45, 7) is 0.400. The molecule has 0 bridgehead atoms. The second-order valence-electron chi connectivity index (χ2n) is 3.67. The number of ether oxygens (including phenoxy) is 1. The molecule has 5 heteroatoms. The SMILES string of the molecule is CNc1ccc(COc2cc(Cl)ccc2Cl)cn1. The third kappa shape index (κ3) is 3.28. The highest BCUT2D eigenvalue weighted by molar-refractivity contribution is 6.34. The van der Waals surface area contributed by atoms with Gasteiger partial charge in [-0.2, -0.15) is 0 Å². The lowest BCUT2D eigenvalue weighted by Crippen LogP contribution is -1.98. The summed E-state index contributed by atoms with van der Waals surface area (Å²) in [5.41, 5.74) is 0.963. The molecule has 0 saturated heterocycles. The normalized spacial score (nSPS) is 10.2. The van der Waals surface area contributed by atoms with Crippen LogP contribution in [-0.4, -0.2) is 12.0 Å². The molecule has 1 aromatic heterocycles. The number of hydrogen-bond donors (Lipinski definition) is 1. The Balaban J connectivity index is 2.04. The first-order valence-electron chi connectivity index (χ1n) is 5.39. The molecule has 18 heavy (non-hydrogen) atoms. The maximum atomic E-state index is 6.00. The van der Waals surface area contributed by atoms with Crippen molar-refractivity contribution in [3.63, 3.8) is 0 Å². The molecular weight excluding hydrogens is 271 g/mol. The molecule has 1 aromatic carbocycles. The van der Waals surface area contributed by atoms with Crippen LogP contribution >= 0.6 is 23.2 Å². The number of hydrogen-bond acceptors (Lipinski definition) is 3. The third-order valence-electron chi connectivity index (χ3n) is 2.37. The first-order valence-corrected chi connectivity index (χ1v) is 6.15. The second-order valence-corrected chi connectivity index (χ2v) is 4.51. The zero-order valence-corrected chi connectivity index (χ0v) is 11.3. The Morgan fingerprint density at radius 3 is 2.72 bits per heavy atom. The minimum Gasteiger partial charge on any atom is -0.487 e. The third-order valence-corrected chi connectivity index (χ3v) is 2.92. The lowest BCUT2D eigenvalue weighted by molar-refractivity contribution is 0.306. The molecule has 0 atom stereocenters. The Morgan fingerprint density at radius 1 is 1.22 bits per heavy atom. The van der Waals surface area contributed by atoms with Gasteiger partial charge in [-0.15, -0.1) is 0 Å². The van der Waals surface area contributed by atoms with Crippen LogP contribution in [0.1, 0.15) is 5.56 Å². The monoisotopic (exact) mass is 282 g/mol. The average Bonchev–Trinajstić information content (AvgIpc) is 2.40. The Hall–Kier alpha value is -1.45. The number of aromatic nitrogens is 1. The summed E-state index contributed by atoms with van der Waals surface area (Å²) >= 11 is 11.9. The van der Waals surface area contributed by atoms with Crippen molar-refractivity contribution < 1.29 is 4.74 Å². The van der Waals surface area contributed by atoms with E-state index in [0.29, 0.717) is 22.4 Å². The van der Waals surface area contributed by atoms with Crippen molar-refractivity contribution in [1.29, 1.82) is 0 Å². The molecule has 2 aromatic rings. The van der Waals surface area contributed by atoms with Gasteiger partial charge >= 0.3 is 0 Å². The highest BCUT2D eigenvalue weighted by atomic mass is 35.5. The molecule has 94 valence electrons. The molecule has 0 unspecified atom stereocenters. The van der Waals surface area contributed by atoms with Gasteiger partial charge in [0.25, 0.3) is 0 Å². The smallest absolute Gasteiger partial charge is 0.139 e. The van der Waals surface area contributed by atoms with Crippen molar-refractivity contribution in [3.8, 4) is 5.75 Å². The van der Waals surface area contributed by atoms with Crippen LogP contribution in [0.2, 0.25) is 10.0 Å². The van der Waals surface area contributed by atoms with Gasteiger partial charge in [-0.05, 0) is 18.2 Å². The van der Waals surface area contributed by atoms with Crippen LogP contribution in [-0.2, 0) is 6.61 Å². The highest BCUT2D eigenvalue weighted by Crippen LogP contribution is 2.28. The van der Waals surface area contributed by atoms with Crippen molar-refractivity contribution >= 4 is 29.0 Å². The van der Waals surface area contributed by atoms with Gasteiger partial charge in [0.15, 0.2) is 0 Å². The summed E-state index contributed by atoms with van der Waals surface area (Å²) in [6.07, 6.45) is 1.75. The number of rotatable bonds is 4. The number of nitrogens with zero attached hydrogens (tertiary/aromatic N) is 1. The predicted molar refractivity (Wildman–Crippen MR) is 74.6 cm³/mol. The van der Waals surface area contributed by atoms with E-state index in [1.807, 2.05) is 19.2 Å². The molecule has 0 aliphatic rings. The molecule has 0 amide bonds. The first-order chi connectivity index (χ1) is 8.69. The van der Waals surface area contributed by atoms with E-state index in [1.165, 1.54) is 0 Å². The van der Waals surface area contributed by atoms with Crippen molar-refractivity contribution in [2.24, 2.45) is 0 Å². The molecule has 0 spiro atoms. The van der Waals surface area contributed by atoms with Crippen LogP contribution in [0.5, 0.6) is 5.75 Å². The first kappa shape index (κ1) is 13.0. The van der Waals surface area contributed by atoms with Gasteiger partial charge in [-0.1, -0.05) is 29.3 Å². The minimum absolute atomic E-state index is 0.400. The molecule has 0 aliphatic heterocycles. The number of nitrogens with one attached hydrogen (secondary N) is 1. The van der Waals surface area contributed by atoms with E-state index in [2.05, 4.69) is 10.3 Å². The molecule has 0 saturated carbocycles. The van der Waals surface area contributed by atoms with Crippen molar-refractivity contribution in [3.05, 3.63) is 52.1 Å². The highest BCUT2D eigenvalue weighted by Gasteiger charge is 2.03. The fourth-order valence-electron chi connectivity index (χ4n) is 1.41. The van der Waals surface area contributed by atoms with Crippen molar-refractivity contribution in [2.45, 2.75) is 6.61 Å². The van der Waals surface area contributed by atoms with Gasteiger partial charge in [0.05, 0.1) is 5.02 Å². The fraction of sp³-hybridized carbons (Fsp3) is 0.154. The Kier molecular flexibility index (Phi) is 4.28. The molecule has 1 heterocycles. The number of benzene rings is 1. The van der Waals surface area contributed by atoms with Gasteiger partial charge in [-0.3, -0.25) is 0 Å². The molecule has 1 N–H and O–H groups in total. The molecular formula is C13H12Cl2N2O. The van der Waals surface area contributed by atoms with E-state index in [-0.39, 0.29) is 0 Å². The van der Waals surface area contributed by atoms with Gasteiger partial charge < -0.3 is 10.1 Å². The topological polar surface area (TPSA) is 34.1 Å². The average molecular weight is 283 g/mol. The molecule has 2 rings (SSSR count). The summed E-state index contributed by atoms with van der Waals surface area (Å²) in [7, 11) is 1.82. The van der Waals surface area contributed by atoms with E-state index >= 15 is 0 Å². The summed E-state index contributed by atoms with van der Waals surface area (Å²) in [5.74, 6) is 1.39. The Morgan fingerprint density at radius 2 is 2.06 bits per heavy atom. The van der Waals surface area contributed by atoms with Crippen molar-refractivity contribution in [2.75, 3.05) is 12.4 Å². The zero-order chi connectivity index (χ0) is 13.0. The van der Waals surface area contributed by atoms with Crippen LogP contribution in [0.25, 0.3) is 0 Å². The van der Waals surface area contributed by atoms with Crippen LogP contribution in [0.3, 0.4) is 0 Å². The van der Waals surface area contributed by atoms with Crippen LogP contribution in [0.4, 0.5) is 5.82 Å². The maximum Gasteiger partial charge on any atom is 0.139 e. The standard InChI is InChI=1S/C13H12Cl2N2O/c1-16-13-5-2-9(7-17-13)8-18-12-6-10(14)3-4-11(12)15/h2-7H,8H2,1H3,(H,16,17). The maximum absolute atomic E-state index is 6.00. The largest absolute Gasteiger partial charge is 0.487 e. The fourth-order valence-corrected chi connectivity index (χ4v) is 1.74.